The Labute approximate surface area is 162 Å². The van der Waals surface area contributed by atoms with E-state index in [2.05, 4.69) is 15.6 Å². The van der Waals surface area contributed by atoms with Crippen LogP contribution in [0.2, 0.25) is 5.02 Å². The number of rotatable bonds is 8. The fourth-order valence-corrected chi connectivity index (χ4v) is 2.94. The Kier molecular flexibility index (Phi) is 6.32. The van der Waals surface area contributed by atoms with Gasteiger partial charge in [0.05, 0.1) is 19.2 Å². The minimum absolute atomic E-state index is 0.332. The molecule has 0 aliphatic carbocycles. The lowest BCUT2D eigenvalue weighted by atomic mass is 10.1. The van der Waals surface area contributed by atoms with Gasteiger partial charge in [0.2, 0.25) is 0 Å². The van der Waals surface area contributed by atoms with Crippen LogP contribution in [0.5, 0.6) is 5.75 Å². The molecule has 0 saturated carbocycles. The van der Waals surface area contributed by atoms with E-state index in [0.29, 0.717) is 36.3 Å². The summed E-state index contributed by atoms with van der Waals surface area (Å²) in [6.07, 6.45) is 0. The molecule has 0 aliphatic rings. The number of ether oxygens (including phenoxy) is 2. The zero-order chi connectivity index (χ0) is 19.2. The maximum Gasteiger partial charge on any atom is 0.128 e. The lowest BCUT2D eigenvalue weighted by Crippen LogP contribution is -2.09. The van der Waals surface area contributed by atoms with E-state index in [9.17, 15) is 4.39 Å². The molecule has 0 bridgehead atoms. The van der Waals surface area contributed by atoms with Crippen molar-refractivity contribution in [2.24, 2.45) is 0 Å². The fraction of sp³-hybridized carbons (Fsp3) is 0.250. The van der Waals surface area contributed by atoms with Crippen molar-refractivity contribution in [2.45, 2.75) is 6.54 Å². The highest BCUT2D eigenvalue weighted by atomic mass is 35.5. The predicted octanol–water partition coefficient (Wildman–Crippen LogP) is 4.71. The third-order valence-electron chi connectivity index (χ3n) is 4.10. The van der Waals surface area contributed by atoms with E-state index in [0.717, 1.165) is 22.2 Å². The quantitative estimate of drug-likeness (QED) is 0.546. The Morgan fingerprint density at radius 2 is 1.93 bits per heavy atom. The van der Waals surface area contributed by atoms with Gasteiger partial charge in [0.15, 0.2) is 0 Å². The molecule has 0 fully saturated rings. The number of nitrogens with one attached hydrogen (secondary N) is 2. The van der Waals surface area contributed by atoms with Crippen LogP contribution in [-0.4, -0.2) is 32.4 Å². The SMILES string of the molecule is COCCNc1cc(NCc2ccc(F)cc2OC)nc2ccc(Cl)cc12. The molecular formula is C20H21ClFN3O2. The van der Waals surface area contributed by atoms with Gasteiger partial charge in [-0.2, -0.15) is 0 Å². The molecule has 142 valence electrons. The molecule has 0 radical (unpaired) electrons. The third kappa shape index (κ3) is 4.78. The van der Waals surface area contributed by atoms with Crippen LogP contribution < -0.4 is 15.4 Å². The van der Waals surface area contributed by atoms with Gasteiger partial charge in [0.25, 0.3) is 0 Å². The second kappa shape index (κ2) is 8.88. The van der Waals surface area contributed by atoms with E-state index < -0.39 is 0 Å². The van der Waals surface area contributed by atoms with Crippen LogP contribution in [0, 0.1) is 5.82 Å². The summed E-state index contributed by atoms with van der Waals surface area (Å²) in [4.78, 5) is 4.64. The largest absolute Gasteiger partial charge is 0.496 e. The van der Waals surface area contributed by atoms with Gasteiger partial charge < -0.3 is 20.1 Å². The van der Waals surface area contributed by atoms with Crippen LogP contribution in [0.3, 0.4) is 0 Å². The number of fused-ring (bicyclic) bond motifs is 1. The van der Waals surface area contributed by atoms with E-state index in [1.54, 1.807) is 13.2 Å². The number of halogens is 2. The van der Waals surface area contributed by atoms with E-state index in [4.69, 9.17) is 21.1 Å². The highest BCUT2D eigenvalue weighted by molar-refractivity contribution is 6.31. The number of hydrogen-bond acceptors (Lipinski definition) is 5. The highest BCUT2D eigenvalue weighted by Gasteiger charge is 2.09. The second-order valence-corrected chi connectivity index (χ2v) is 6.38. The number of pyridine rings is 1. The van der Waals surface area contributed by atoms with Gasteiger partial charge in [0.1, 0.15) is 17.4 Å². The molecule has 27 heavy (non-hydrogen) atoms. The zero-order valence-electron chi connectivity index (χ0n) is 15.2. The summed E-state index contributed by atoms with van der Waals surface area (Å²) in [6.45, 7) is 1.69. The Bertz CT molecular complexity index is 936. The normalized spacial score (nSPS) is 10.8. The van der Waals surface area contributed by atoms with Crippen molar-refractivity contribution in [1.29, 1.82) is 0 Å². The third-order valence-corrected chi connectivity index (χ3v) is 4.34. The van der Waals surface area contributed by atoms with E-state index in [-0.39, 0.29) is 5.82 Å². The van der Waals surface area contributed by atoms with Crippen molar-refractivity contribution < 1.29 is 13.9 Å². The predicted molar refractivity (Wildman–Crippen MR) is 107 cm³/mol. The maximum absolute atomic E-state index is 13.4. The molecule has 1 heterocycles. The minimum atomic E-state index is -0.332. The van der Waals surface area contributed by atoms with Crippen LogP contribution in [0.15, 0.2) is 42.5 Å². The van der Waals surface area contributed by atoms with Crippen molar-refractivity contribution in [3.8, 4) is 5.75 Å². The van der Waals surface area contributed by atoms with Gasteiger partial charge in [-0.3, -0.25) is 0 Å². The van der Waals surface area contributed by atoms with Crippen molar-refractivity contribution in [2.75, 3.05) is 38.0 Å². The summed E-state index contributed by atoms with van der Waals surface area (Å²) in [5.74, 6) is 0.852. The van der Waals surface area contributed by atoms with Gasteiger partial charge in [-0.25, -0.2) is 9.37 Å². The van der Waals surface area contributed by atoms with Crippen LogP contribution in [0.1, 0.15) is 5.56 Å². The molecule has 3 rings (SSSR count). The number of anilines is 2. The van der Waals surface area contributed by atoms with Crippen LogP contribution in [0.25, 0.3) is 10.9 Å². The molecular weight excluding hydrogens is 369 g/mol. The molecule has 2 N–H and O–H groups in total. The van der Waals surface area contributed by atoms with Gasteiger partial charge in [-0.15, -0.1) is 0 Å². The van der Waals surface area contributed by atoms with Crippen molar-refractivity contribution in [3.05, 3.63) is 58.9 Å². The summed E-state index contributed by atoms with van der Waals surface area (Å²) >= 11 is 6.14. The van der Waals surface area contributed by atoms with Crippen LogP contribution in [-0.2, 0) is 11.3 Å². The van der Waals surface area contributed by atoms with Crippen molar-refractivity contribution >= 4 is 34.0 Å². The Morgan fingerprint density at radius 3 is 2.70 bits per heavy atom. The smallest absolute Gasteiger partial charge is 0.128 e. The average molecular weight is 390 g/mol. The molecule has 0 atom stereocenters. The molecule has 0 saturated heterocycles. The summed E-state index contributed by atoms with van der Waals surface area (Å²) in [7, 11) is 3.18. The van der Waals surface area contributed by atoms with Crippen LogP contribution >= 0.6 is 11.6 Å². The number of aromatic nitrogens is 1. The standard InChI is InChI=1S/C20H21ClFN3O2/c1-26-8-7-23-18-11-20(25-17-6-4-14(21)9-16(17)18)24-12-13-3-5-15(22)10-19(13)27-2/h3-6,9-11H,7-8,12H2,1-2H3,(H2,23,24,25). The average Bonchev–Trinajstić information content (AvgIpc) is 2.67. The van der Waals surface area contributed by atoms with E-state index in [1.807, 2.05) is 24.3 Å². The highest BCUT2D eigenvalue weighted by Crippen LogP contribution is 2.29. The molecule has 0 spiro atoms. The molecule has 0 amide bonds. The monoisotopic (exact) mass is 389 g/mol. The number of hydrogen-bond donors (Lipinski definition) is 2. The van der Waals surface area contributed by atoms with Gasteiger partial charge in [0, 0.05) is 54.0 Å². The Balaban J connectivity index is 1.87. The molecule has 1 aromatic heterocycles. The molecule has 0 aliphatic heterocycles. The first-order chi connectivity index (χ1) is 13.1. The molecule has 7 heteroatoms. The molecule has 0 unspecified atom stereocenters. The first-order valence-electron chi connectivity index (χ1n) is 8.50. The Hall–Kier alpha value is -2.57. The summed E-state index contributed by atoms with van der Waals surface area (Å²) < 4.78 is 23.7. The summed E-state index contributed by atoms with van der Waals surface area (Å²) in [5.41, 5.74) is 2.56. The first-order valence-corrected chi connectivity index (χ1v) is 8.88. The number of nitrogens with zero attached hydrogens (tertiary/aromatic N) is 1. The number of methoxy groups -OCH3 is 2. The van der Waals surface area contributed by atoms with Crippen molar-refractivity contribution in [3.63, 3.8) is 0 Å². The summed E-state index contributed by atoms with van der Waals surface area (Å²) in [6, 6.07) is 12.0. The van der Waals surface area contributed by atoms with E-state index in [1.165, 1.54) is 19.2 Å². The molecule has 2 aromatic carbocycles. The van der Waals surface area contributed by atoms with Crippen LogP contribution in [0.4, 0.5) is 15.9 Å². The second-order valence-electron chi connectivity index (χ2n) is 5.95. The maximum atomic E-state index is 13.4. The summed E-state index contributed by atoms with van der Waals surface area (Å²) in [5, 5.41) is 8.20. The Morgan fingerprint density at radius 1 is 1.07 bits per heavy atom. The molecule has 3 aromatic rings. The van der Waals surface area contributed by atoms with Crippen molar-refractivity contribution in [1.82, 2.24) is 4.98 Å². The number of benzene rings is 2. The fourth-order valence-electron chi connectivity index (χ4n) is 2.77. The van der Waals surface area contributed by atoms with Gasteiger partial charge >= 0.3 is 0 Å². The minimum Gasteiger partial charge on any atom is -0.496 e. The first kappa shape index (κ1) is 19.2. The topological polar surface area (TPSA) is 55.4 Å². The van der Waals surface area contributed by atoms with Gasteiger partial charge in [-0.1, -0.05) is 17.7 Å². The zero-order valence-corrected chi connectivity index (χ0v) is 15.9. The molecule has 5 nitrogen and oxygen atoms in total. The lowest BCUT2D eigenvalue weighted by molar-refractivity contribution is 0.211. The van der Waals surface area contributed by atoms with Gasteiger partial charge in [-0.05, 0) is 24.3 Å². The lowest BCUT2D eigenvalue weighted by Gasteiger charge is -2.14. The van der Waals surface area contributed by atoms with E-state index >= 15 is 0 Å².